The van der Waals surface area contributed by atoms with Gasteiger partial charge in [0.15, 0.2) is 5.78 Å². The third kappa shape index (κ3) is 3.86. The van der Waals surface area contributed by atoms with Crippen molar-refractivity contribution in [1.29, 1.82) is 0 Å². The lowest BCUT2D eigenvalue weighted by atomic mass is 9.75. The second-order valence-corrected chi connectivity index (χ2v) is 8.84. The molecular formula is C20H25BrN2O3. The number of nitrogens with one attached hydrogen (secondary N) is 1. The zero-order valence-corrected chi connectivity index (χ0v) is 16.9. The Labute approximate surface area is 161 Å². The van der Waals surface area contributed by atoms with E-state index in [4.69, 9.17) is 5.21 Å². The second kappa shape index (κ2) is 7.53. The Morgan fingerprint density at radius 3 is 2.77 bits per heavy atom. The van der Waals surface area contributed by atoms with Crippen LogP contribution in [0.4, 0.5) is 0 Å². The molecule has 0 spiro atoms. The van der Waals surface area contributed by atoms with Crippen LogP contribution >= 0.6 is 15.9 Å². The normalized spacial score (nSPS) is 15.9. The fourth-order valence-corrected chi connectivity index (χ4v) is 4.32. The number of carbonyl (C=O) groups excluding carboxylic acids is 2. The quantitative estimate of drug-likeness (QED) is 0.406. The SMILES string of the molecule is CC1(C)CC(=O)c2c(n(CCCCCC(=O)NO)c3ccc(Br)cc23)C1. The molecule has 1 aliphatic carbocycles. The van der Waals surface area contributed by atoms with E-state index in [1.54, 1.807) is 5.48 Å². The molecule has 2 aromatic rings. The summed E-state index contributed by atoms with van der Waals surface area (Å²) in [7, 11) is 0. The van der Waals surface area contributed by atoms with Crippen molar-refractivity contribution in [2.45, 2.75) is 58.9 Å². The number of hydroxylamine groups is 1. The standard InChI is InChI=1S/C20H25BrN2O3/c1-20(2)11-16-19(17(24)12-20)14-10-13(21)7-8-15(14)23(16)9-5-3-4-6-18(25)22-26/h7-8,10,26H,3-6,9,11-12H2,1-2H3,(H,22,25). The molecule has 1 amide bonds. The van der Waals surface area contributed by atoms with Gasteiger partial charge in [0.2, 0.25) is 5.91 Å². The number of aryl methyl sites for hydroxylation is 1. The van der Waals surface area contributed by atoms with E-state index >= 15 is 0 Å². The van der Waals surface area contributed by atoms with Crippen molar-refractivity contribution in [1.82, 2.24) is 10.0 Å². The van der Waals surface area contributed by atoms with Crippen LogP contribution in [0.3, 0.4) is 0 Å². The molecule has 1 heterocycles. The third-order valence-electron chi connectivity index (χ3n) is 5.11. The van der Waals surface area contributed by atoms with E-state index in [9.17, 15) is 9.59 Å². The number of nitrogens with zero attached hydrogens (tertiary/aromatic N) is 1. The van der Waals surface area contributed by atoms with Gasteiger partial charge in [0, 0.05) is 46.0 Å². The fourth-order valence-electron chi connectivity index (χ4n) is 3.96. The number of ketones is 1. The predicted octanol–water partition coefficient (Wildman–Crippen LogP) is 4.62. The van der Waals surface area contributed by atoms with Gasteiger partial charge in [-0.3, -0.25) is 14.8 Å². The summed E-state index contributed by atoms with van der Waals surface area (Å²) in [5.41, 5.74) is 4.79. The molecule has 26 heavy (non-hydrogen) atoms. The number of aromatic nitrogens is 1. The van der Waals surface area contributed by atoms with Crippen molar-refractivity contribution in [3.63, 3.8) is 0 Å². The number of fused-ring (bicyclic) bond motifs is 3. The molecule has 0 radical (unpaired) electrons. The van der Waals surface area contributed by atoms with Crippen LogP contribution in [0.15, 0.2) is 22.7 Å². The Kier molecular flexibility index (Phi) is 5.53. The summed E-state index contributed by atoms with van der Waals surface area (Å²) in [5.74, 6) is -0.108. The first-order valence-electron chi connectivity index (χ1n) is 9.09. The zero-order chi connectivity index (χ0) is 18.9. The minimum Gasteiger partial charge on any atom is -0.344 e. The third-order valence-corrected chi connectivity index (χ3v) is 5.60. The molecule has 0 saturated carbocycles. The molecule has 1 aromatic heterocycles. The molecule has 1 aliphatic rings. The van der Waals surface area contributed by atoms with E-state index in [0.717, 1.165) is 58.9 Å². The lowest BCUT2D eigenvalue weighted by molar-refractivity contribution is -0.129. The Morgan fingerprint density at radius 1 is 1.27 bits per heavy atom. The fraction of sp³-hybridized carbons (Fsp3) is 0.500. The van der Waals surface area contributed by atoms with Crippen LogP contribution in [-0.4, -0.2) is 21.5 Å². The molecule has 5 nitrogen and oxygen atoms in total. The molecule has 1 aromatic carbocycles. The first-order chi connectivity index (χ1) is 12.3. The molecule has 0 aliphatic heterocycles. The molecule has 0 saturated heterocycles. The minimum absolute atomic E-state index is 0.0212. The zero-order valence-electron chi connectivity index (χ0n) is 15.3. The van der Waals surface area contributed by atoms with Gasteiger partial charge >= 0.3 is 0 Å². The van der Waals surface area contributed by atoms with Gasteiger partial charge in [0.25, 0.3) is 0 Å². The van der Waals surface area contributed by atoms with Gasteiger partial charge in [-0.1, -0.05) is 36.2 Å². The van der Waals surface area contributed by atoms with Gasteiger partial charge in [-0.25, -0.2) is 5.48 Å². The highest BCUT2D eigenvalue weighted by Gasteiger charge is 2.35. The summed E-state index contributed by atoms with van der Waals surface area (Å²) in [4.78, 5) is 23.9. The summed E-state index contributed by atoms with van der Waals surface area (Å²) < 4.78 is 3.28. The topological polar surface area (TPSA) is 71.3 Å². The van der Waals surface area contributed by atoms with Crippen molar-refractivity contribution in [3.05, 3.63) is 33.9 Å². The second-order valence-electron chi connectivity index (χ2n) is 7.92. The van der Waals surface area contributed by atoms with Gasteiger partial charge in [-0.05, 0) is 42.9 Å². The molecule has 3 rings (SSSR count). The van der Waals surface area contributed by atoms with E-state index in [1.807, 2.05) is 12.1 Å². The van der Waals surface area contributed by atoms with E-state index in [2.05, 4.69) is 40.4 Å². The smallest absolute Gasteiger partial charge is 0.243 e. The first-order valence-corrected chi connectivity index (χ1v) is 9.88. The van der Waals surface area contributed by atoms with E-state index in [1.165, 1.54) is 0 Å². The number of unbranched alkanes of at least 4 members (excludes halogenated alkanes) is 2. The average molecular weight is 421 g/mol. The first kappa shape index (κ1) is 19.1. The van der Waals surface area contributed by atoms with Crippen molar-refractivity contribution < 1.29 is 14.8 Å². The molecule has 6 heteroatoms. The highest BCUT2D eigenvalue weighted by atomic mass is 79.9. The van der Waals surface area contributed by atoms with Crippen molar-refractivity contribution >= 4 is 38.5 Å². The van der Waals surface area contributed by atoms with Crippen molar-refractivity contribution in [2.24, 2.45) is 5.41 Å². The number of benzene rings is 1. The highest BCUT2D eigenvalue weighted by molar-refractivity contribution is 9.10. The van der Waals surface area contributed by atoms with Crippen molar-refractivity contribution in [2.75, 3.05) is 0 Å². The lowest BCUT2D eigenvalue weighted by Crippen LogP contribution is -2.28. The van der Waals surface area contributed by atoms with Gasteiger partial charge in [0.1, 0.15) is 0 Å². The summed E-state index contributed by atoms with van der Waals surface area (Å²) in [6.07, 6.45) is 4.38. The molecule has 2 N–H and O–H groups in total. The minimum atomic E-state index is -0.342. The average Bonchev–Trinajstić information content (AvgIpc) is 2.85. The van der Waals surface area contributed by atoms with E-state index in [0.29, 0.717) is 12.8 Å². The number of hydrogen-bond donors (Lipinski definition) is 2. The highest BCUT2D eigenvalue weighted by Crippen LogP contribution is 2.40. The van der Waals surface area contributed by atoms with Gasteiger partial charge in [-0.2, -0.15) is 0 Å². The number of rotatable bonds is 6. The molecule has 0 bridgehead atoms. The molecule has 0 unspecified atom stereocenters. The Morgan fingerprint density at radius 2 is 2.04 bits per heavy atom. The summed E-state index contributed by atoms with van der Waals surface area (Å²) in [6, 6.07) is 6.15. The molecule has 0 atom stereocenters. The predicted molar refractivity (Wildman–Crippen MR) is 104 cm³/mol. The van der Waals surface area contributed by atoms with Crippen LogP contribution in [-0.2, 0) is 17.8 Å². The van der Waals surface area contributed by atoms with Gasteiger partial charge < -0.3 is 4.57 Å². The number of amides is 1. The largest absolute Gasteiger partial charge is 0.344 e. The number of halogens is 1. The Balaban J connectivity index is 1.87. The lowest BCUT2D eigenvalue weighted by Gasteiger charge is -2.29. The Bertz CT molecular complexity index is 854. The Hall–Kier alpha value is -1.66. The van der Waals surface area contributed by atoms with Gasteiger partial charge in [0.05, 0.1) is 0 Å². The maximum atomic E-state index is 12.8. The van der Waals surface area contributed by atoms with Gasteiger partial charge in [-0.15, -0.1) is 0 Å². The van der Waals surface area contributed by atoms with E-state index < -0.39 is 0 Å². The van der Waals surface area contributed by atoms with Crippen LogP contribution in [0.2, 0.25) is 0 Å². The number of carbonyl (C=O) groups is 2. The molecular weight excluding hydrogens is 396 g/mol. The maximum absolute atomic E-state index is 12.8. The van der Waals surface area contributed by atoms with Crippen LogP contribution in [0.1, 0.15) is 62.0 Å². The molecule has 140 valence electrons. The summed E-state index contributed by atoms with van der Waals surface area (Å²) in [6.45, 7) is 5.14. The molecule has 0 fully saturated rings. The van der Waals surface area contributed by atoms with E-state index in [-0.39, 0.29) is 17.1 Å². The number of hydrogen-bond acceptors (Lipinski definition) is 3. The maximum Gasteiger partial charge on any atom is 0.243 e. The van der Waals surface area contributed by atoms with Crippen LogP contribution in [0, 0.1) is 5.41 Å². The van der Waals surface area contributed by atoms with Crippen LogP contribution < -0.4 is 5.48 Å². The summed E-state index contributed by atoms with van der Waals surface area (Å²) in [5, 5.41) is 9.59. The van der Waals surface area contributed by atoms with Crippen molar-refractivity contribution in [3.8, 4) is 0 Å². The summed E-state index contributed by atoms with van der Waals surface area (Å²) >= 11 is 3.53. The monoisotopic (exact) mass is 420 g/mol. The van der Waals surface area contributed by atoms with Crippen LogP contribution in [0.25, 0.3) is 10.9 Å². The number of Topliss-reactive ketones (excluding diaryl/α,β-unsaturated/α-hetero) is 1. The van der Waals surface area contributed by atoms with Crippen LogP contribution in [0.5, 0.6) is 0 Å².